The van der Waals surface area contributed by atoms with Crippen molar-refractivity contribution in [3.63, 3.8) is 0 Å². The molecule has 1 fully saturated rings. The lowest BCUT2D eigenvalue weighted by Gasteiger charge is -2.30. The normalized spacial score (nSPS) is 22.2. The van der Waals surface area contributed by atoms with E-state index in [2.05, 4.69) is 21.9 Å². The van der Waals surface area contributed by atoms with E-state index >= 15 is 0 Å². The fourth-order valence-electron chi connectivity index (χ4n) is 2.26. The van der Waals surface area contributed by atoms with Crippen LogP contribution in [0.25, 0.3) is 0 Å². The predicted molar refractivity (Wildman–Crippen MR) is 70.4 cm³/mol. The van der Waals surface area contributed by atoms with E-state index in [1.807, 2.05) is 0 Å². The summed E-state index contributed by atoms with van der Waals surface area (Å²) in [5.74, 6) is -0.597. The van der Waals surface area contributed by atoms with E-state index in [4.69, 9.17) is 0 Å². The third kappa shape index (κ3) is 4.92. The molecule has 0 saturated carbocycles. The average molecular weight is 258 g/mol. The number of ether oxygens (including phenoxy) is 1. The van der Waals surface area contributed by atoms with Gasteiger partial charge in [-0.25, -0.2) is 4.79 Å². The molecular weight excluding hydrogens is 232 g/mol. The minimum Gasteiger partial charge on any atom is -0.467 e. The molecule has 2 N–H and O–H groups in total. The molecule has 0 bridgehead atoms. The lowest BCUT2D eigenvalue weighted by Crippen LogP contribution is -2.50. The Hall–Kier alpha value is -0.650. The van der Waals surface area contributed by atoms with E-state index in [9.17, 15) is 9.90 Å². The minimum atomic E-state index is -1.45. The van der Waals surface area contributed by atoms with Gasteiger partial charge in [-0.1, -0.05) is 6.42 Å². The maximum absolute atomic E-state index is 11.3. The largest absolute Gasteiger partial charge is 0.467 e. The summed E-state index contributed by atoms with van der Waals surface area (Å²) in [6, 6.07) is 0.249. The standard InChI is InChI=1S/C13H26N2O3/c1-11(9-15-7-5-4-6-8-15)14-10-13(2,17)12(16)18-3/h11,14,17H,4-10H2,1-3H3. The summed E-state index contributed by atoms with van der Waals surface area (Å²) >= 11 is 0. The van der Waals surface area contributed by atoms with Gasteiger partial charge in [-0.2, -0.15) is 0 Å². The highest BCUT2D eigenvalue weighted by Gasteiger charge is 2.31. The lowest BCUT2D eigenvalue weighted by atomic mass is 10.1. The molecule has 0 amide bonds. The van der Waals surface area contributed by atoms with Gasteiger partial charge in [-0.15, -0.1) is 0 Å². The summed E-state index contributed by atoms with van der Waals surface area (Å²) in [6.07, 6.45) is 3.87. The first-order valence-electron chi connectivity index (χ1n) is 6.72. The minimum absolute atomic E-state index is 0.217. The van der Waals surface area contributed by atoms with Crippen LogP contribution in [-0.2, 0) is 9.53 Å². The summed E-state index contributed by atoms with van der Waals surface area (Å²) in [7, 11) is 1.29. The van der Waals surface area contributed by atoms with Crippen molar-refractivity contribution in [2.45, 2.75) is 44.8 Å². The topological polar surface area (TPSA) is 61.8 Å². The van der Waals surface area contributed by atoms with Crippen LogP contribution in [0.5, 0.6) is 0 Å². The summed E-state index contributed by atoms with van der Waals surface area (Å²) < 4.78 is 4.56. The fraction of sp³-hybridized carbons (Fsp3) is 0.923. The van der Waals surface area contributed by atoms with Gasteiger partial charge < -0.3 is 20.1 Å². The summed E-state index contributed by atoms with van der Waals surface area (Å²) in [5, 5.41) is 13.1. The Balaban J connectivity index is 2.27. The SMILES string of the molecule is COC(=O)C(C)(O)CNC(C)CN1CCCCC1. The molecule has 5 nitrogen and oxygen atoms in total. The molecule has 5 heteroatoms. The highest BCUT2D eigenvalue weighted by atomic mass is 16.5. The van der Waals surface area contributed by atoms with Crippen LogP contribution < -0.4 is 5.32 Å². The smallest absolute Gasteiger partial charge is 0.338 e. The van der Waals surface area contributed by atoms with E-state index in [-0.39, 0.29) is 12.6 Å². The van der Waals surface area contributed by atoms with Gasteiger partial charge in [-0.05, 0) is 39.8 Å². The quantitative estimate of drug-likeness (QED) is 0.674. The second-order valence-corrected chi connectivity index (χ2v) is 5.41. The van der Waals surface area contributed by atoms with E-state index in [0.717, 1.165) is 19.6 Å². The second kappa shape index (κ2) is 7.07. The van der Waals surface area contributed by atoms with Crippen LogP contribution in [0.2, 0.25) is 0 Å². The molecule has 0 aliphatic carbocycles. The second-order valence-electron chi connectivity index (χ2n) is 5.41. The first-order chi connectivity index (χ1) is 8.45. The lowest BCUT2D eigenvalue weighted by molar-refractivity contribution is -0.160. The van der Waals surface area contributed by atoms with E-state index < -0.39 is 11.6 Å². The predicted octanol–water partition coefficient (Wildman–Crippen LogP) is 0.374. The van der Waals surface area contributed by atoms with E-state index in [1.165, 1.54) is 33.3 Å². The molecule has 0 radical (unpaired) electrons. The third-order valence-corrected chi connectivity index (χ3v) is 3.40. The molecule has 1 heterocycles. The zero-order valence-electron chi connectivity index (χ0n) is 11.7. The molecular formula is C13H26N2O3. The Labute approximate surface area is 109 Å². The number of aliphatic hydroxyl groups is 1. The molecule has 1 aliphatic heterocycles. The van der Waals surface area contributed by atoms with Crippen molar-refractivity contribution in [1.29, 1.82) is 0 Å². The van der Waals surface area contributed by atoms with E-state index in [1.54, 1.807) is 0 Å². The molecule has 0 spiro atoms. The van der Waals surface area contributed by atoms with Crippen LogP contribution >= 0.6 is 0 Å². The number of esters is 1. The Morgan fingerprint density at radius 2 is 2.06 bits per heavy atom. The zero-order chi connectivity index (χ0) is 13.6. The molecule has 1 aliphatic rings. The summed E-state index contributed by atoms with van der Waals surface area (Å²) in [6.45, 7) is 7.02. The monoisotopic (exact) mass is 258 g/mol. The number of hydrogen-bond donors (Lipinski definition) is 2. The maximum atomic E-state index is 11.3. The molecule has 0 aromatic carbocycles. The highest BCUT2D eigenvalue weighted by molar-refractivity contribution is 5.78. The van der Waals surface area contributed by atoms with Crippen LogP contribution in [0.4, 0.5) is 0 Å². The summed E-state index contributed by atoms with van der Waals surface area (Å²) in [5.41, 5.74) is -1.45. The van der Waals surface area contributed by atoms with Gasteiger partial charge in [0.25, 0.3) is 0 Å². The van der Waals surface area contributed by atoms with Gasteiger partial charge in [-0.3, -0.25) is 0 Å². The van der Waals surface area contributed by atoms with Crippen molar-refractivity contribution in [2.24, 2.45) is 0 Å². The number of carbonyl (C=O) groups excluding carboxylic acids is 1. The number of nitrogens with one attached hydrogen (secondary N) is 1. The molecule has 2 atom stereocenters. The maximum Gasteiger partial charge on any atom is 0.338 e. The number of rotatable bonds is 6. The van der Waals surface area contributed by atoms with Gasteiger partial charge in [0.05, 0.1) is 7.11 Å². The van der Waals surface area contributed by atoms with Gasteiger partial charge in [0.2, 0.25) is 0 Å². The molecule has 0 aromatic rings. The first kappa shape index (κ1) is 15.4. The average Bonchev–Trinajstić information content (AvgIpc) is 2.36. The van der Waals surface area contributed by atoms with Crippen molar-refractivity contribution in [3.8, 4) is 0 Å². The first-order valence-corrected chi connectivity index (χ1v) is 6.72. The van der Waals surface area contributed by atoms with Gasteiger partial charge in [0.1, 0.15) is 0 Å². The Morgan fingerprint density at radius 3 is 2.61 bits per heavy atom. The number of piperidine rings is 1. The molecule has 1 saturated heterocycles. The number of nitrogens with zero attached hydrogens (tertiary/aromatic N) is 1. The highest BCUT2D eigenvalue weighted by Crippen LogP contribution is 2.09. The Morgan fingerprint density at radius 1 is 1.44 bits per heavy atom. The zero-order valence-corrected chi connectivity index (χ0v) is 11.7. The molecule has 0 aromatic heterocycles. The third-order valence-electron chi connectivity index (χ3n) is 3.40. The molecule has 18 heavy (non-hydrogen) atoms. The van der Waals surface area contributed by atoms with Gasteiger partial charge in [0, 0.05) is 19.1 Å². The Kier molecular flexibility index (Phi) is 6.05. The van der Waals surface area contributed by atoms with Crippen molar-refractivity contribution in [2.75, 3.05) is 33.3 Å². The molecule has 2 unspecified atom stereocenters. The van der Waals surface area contributed by atoms with Crippen LogP contribution in [-0.4, -0.2) is 60.9 Å². The Bertz CT molecular complexity index is 263. The molecule has 1 rings (SSSR count). The van der Waals surface area contributed by atoms with Crippen LogP contribution in [0.1, 0.15) is 33.1 Å². The van der Waals surface area contributed by atoms with Crippen molar-refractivity contribution in [1.82, 2.24) is 10.2 Å². The molecule has 106 valence electrons. The number of hydrogen-bond acceptors (Lipinski definition) is 5. The number of likely N-dealkylation sites (tertiary alicyclic amines) is 1. The van der Waals surface area contributed by atoms with Gasteiger partial charge >= 0.3 is 5.97 Å². The van der Waals surface area contributed by atoms with Crippen molar-refractivity contribution in [3.05, 3.63) is 0 Å². The van der Waals surface area contributed by atoms with Gasteiger partial charge in [0.15, 0.2) is 5.60 Å². The fourth-order valence-corrected chi connectivity index (χ4v) is 2.26. The van der Waals surface area contributed by atoms with E-state index in [0.29, 0.717) is 0 Å². The van der Waals surface area contributed by atoms with Crippen molar-refractivity contribution < 1.29 is 14.6 Å². The summed E-state index contributed by atoms with van der Waals surface area (Å²) in [4.78, 5) is 13.7. The number of methoxy groups -OCH3 is 1. The van der Waals surface area contributed by atoms with Crippen LogP contribution in [0.15, 0.2) is 0 Å². The van der Waals surface area contributed by atoms with Crippen molar-refractivity contribution >= 4 is 5.97 Å². The van der Waals surface area contributed by atoms with Crippen LogP contribution in [0, 0.1) is 0 Å². The number of carbonyl (C=O) groups is 1. The van der Waals surface area contributed by atoms with Crippen LogP contribution in [0.3, 0.4) is 0 Å².